The Bertz CT molecular complexity index is 558. The summed E-state index contributed by atoms with van der Waals surface area (Å²) in [5.74, 6) is 0.522. The maximum Gasteiger partial charge on any atom is 0.142 e. The Morgan fingerprint density at radius 2 is 2.00 bits per heavy atom. The molecule has 0 radical (unpaired) electrons. The topological polar surface area (TPSA) is 94.4 Å². The Kier molecular flexibility index (Phi) is 3.34. The molecule has 0 amide bonds. The highest BCUT2D eigenvalue weighted by Crippen LogP contribution is 2.34. The van der Waals surface area contributed by atoms with E-state index in [2.05, 4.69) is 4.98 Å². The molecule has 0 saturated heterocycles. The van der Waals surface area contributed by atoms with Gasteiger partial charge in [-0.1, -0.05) is 12.1 Å². The van der Waals surface area contributed by atoms with E-state index in [9.17, 15) is 5.11 Å². The number of nitrogens with zero attached hydrogens (tertiary/aromatic N) is 1. The molecule has 1 aromatic carbocycles. The zero-order valence-electron chi connectivity index (χ0n) is 10.00. The second-order valence-electron chi connectivity index (χ2n) is 3.87. The Hall–Kier alpha value is -2.27. The molecule has 18 heavy (non-hydrogen) atoms. The Labute approximate surface area is 105 Å². The van der Waals surface area contributed by atoms with Crippen LogP contribution in [0.3, 0.4) is 0 Å². The molecule has 5 heteroatoms. The summed E-state index contributed by atoms with van der Waals surface area (Å²) in [6.07, 6.45) is 2.17. The zero-order chi connectivity index (χ0) is 13.1. The van der Waals surface area contributed by atoms with Gasteiger partial charge in [0.05, 0.1) is 12.8 Å². The number of hydrogen-bond donors (Lipinski definition) is 3. The molecular formula is C13H15N3O2. The van der Waals surface area contributed by atoms with E-state index in [1.54, 1.807) is 30.5 Å². The average molecular weight is 245 g/mol. The van der Waals surface area contributed by atoms with E-state index in [1.165, 1.54) is 13.3 Å². The Morgan fingerprint density at radius 1 is 1.22 bits per heavy atom. The number of nitrogen functional groups attached to an aromatic ring is 2. The first-order valence-corrected chi connectivity index (χ1v) is 5.45. The van der Waals surface area contributed by atoms with Crippen LogP contribution in [0.5, 0.6) is 5.75 Å². The lowest BCUT2D eigenvalue weighted by molar-refractivity contribution is 0.221. The largest absolute Gasteiger partial charge is 0.495 e. The number of pyridine rings is 1. The number of aliphatic hydroxyl groups excluding tert-OH is 1. The summed E-state index contributed by atoms with van der Waals surface area (Å²) in [6.45, 7) is 0. The molecule has 94 valence electrons. The van der Waals surface area contributed by atoms with E-state index in [0.29, 0.717) is 28.3 Å². The lowest BCUT2D eigenvalue weighted by Gasteiger charge is -2.16. The van der Waals surface area contributed by atoms with Gasteiger partial charge in [0.1, 0.15) is 11.9 Å². The molecule has 2 aromatic rings. The molecule has 0 bridgehead atoms. The fourth-order valence-corrected chi connectivity index (χ4v) is 1.79. The number of anilines is 2. The van der Waals surface area contributed by atoms with Crippen LogP contribution in [0.2, 0.25) is 0 Å². The van der Waals surface area contributed by atoms with Crippen LogP contribution < -0.4 is 16.2 Å². The number of benzene rings is 1. The standard InChI is InChI=1S/C13H15N3O2/c1-18-11-4-2-3-8(12(11)15)13(17)9-7-16-6-5-10(9)14/h2-7,13,17H,15H2,1H3,(H2,14,16). The van der Waals surface area contributed by atoms with Crippen LogP contribution in [-0.2, 0) is 0 Å². The van der Waals surface area contributed by atoms with E-state index < -0.39 is 6.10 Å². The summed E-state index contributed by atoms with van der Waals surface area (Å²) in [7, 11) is 1.53. The molecule has 1 heterocycles. The molecule has 5 nitrogen and oxygen atoms in total. The van der Waals surface area contributed by atoms with Crippen molar-refractivity contribution in [2.75, 3.05) is 18.6 Å². The molecule has 1 atom stereocenters. The van der Waals surface area contributed by atoms with Crippen molar-refractivity contribution in [2.45, 2.75) is 6.10 Å². The van der Waals surface area contributed by atoms with E-state index in [0.717, 1.165) is 0 Å². The van der Waals surface area contributed by atoms with E-state index in [-0.39, 0.29) is 0 Å². The van der Waals surface area contributed by atoms with Crippen molar-refractivity contribution in [1.82, 2.24) is 4.98 Å². The maximum absolute atomic E-state index is 10.3. The molecule has 5 N–H and O–H groups in total. The number of rotatable bonds is 3. The van der Waals surface area contributed by atoms with Crippen molar-refractivity contribution >= 4 is 11.4 Å². The van der Waals surface area contributed by atoms with Gasteiger partial charge in [-0.25, -0.2) is 0 Å². The van der Waals surface area contributed by atoms with Crippen LogP contribution >= 0.6 is 0 Å². The van der Waals surface area contributed by atoms with Gasteiger partial charge >= 0.3 is 0 Å². The highest BCUT2D eigenvalue weighted by Gasteiger charge is 2.18. The van der Waals surface area contributed by atoms with E-state index in [4.69, 9.17) is 16.2 Å². The van der Waals surface area contributed by atoms with Gasteiger partial charge in [0.2, 0.25) is 0 Å². The van der Waals surface area contributed by atoms with Gasteiger partial charge in [0, 0.05) is 29.2 Å². The van der Waals surface area contributed by atoms with E-state index >= 15 is 0 Å². The fourth-order valence-electron chi connectivity index (χ4n) is 1.79. The normalized spacial score (nSPS) is 12.1. The van der Waals surface area contributed by atoms with Crippen molar-refractivity contribution in [1.29, 1.82) is 0 Å². The van der Waals surface area contributed by atoms with Crippen LogP contribution in [0.15, 0.2) is 36.7 Å². The van der Waals surface area contributed by atoms with Crippen LogP contribution in [0.1, 0.15) is 17.2 Å². The van der Waals surface area contributed by atoms with E-state index in [1.807, 2.05) is 0 Å². The first kappa shape index (κ1) is 12.2. The molecule has 0 spiro atoms. The fraction of sp³-hybridized carbons (Fsp3) is 0.154. The van der Waals surface area contributed by atoms with Gasteiger partial charge in [-0.15, -0.1) is 0 Å². The zero-order valence-corrected chi connectivity index (χ0v) is 10.00. The highest BCUT2D eigenvalue weighted by molar-refractivity contribution is 5.62. The summed E-state index contributed by atoms with van der Waals surface area (Å²) >= 11 is 0. The maximum atomic E-state index is 10.3. The molecule has 2 rings (SSSR count). The summed E-state index contributed by atoms with van der Waals surface area (Å²) in [5.41, 5.74) is 13.7. The van der Waals surface area contributed by atoms with Crippen molar-refractivity contribution in [3.05, 3.63) is 47.8 Å². The predicted octanol–water partition coefficient (Wildman–Crippen LogP) is 1.34. The summed E-state index contributed by atoms with van der Waals surface area (Å²) < 4.78 is 5.12. The van der Waals surface area contributed by atoms with Gasteiger partial charge in [-0.05, 0) is 12.1 Å². The number of aromatic nitrogens is 1. The number of methoxy groups -OCH3 is 1. The number of aliphatic hydroxyl groups is 1. The van der Waals surface area contributed by atoms with Gasteiger partial charge in [0.15, 0.2) is 0 Å². The third-order valence-corrected chi connectivity index (χ3v) is 2.80. The highest BCUT2D eigenvalue weighted by atomic mass is 16.5. The van der Waals surface area contributed by atoms with Gasteiger partial charge in [0.25, 0.3) is 0 Å². The molecule has 1 unspecified atom stereocenters. The third-order valence-electron chi connectivity index (χ3n) is 2.80. The first-order chi connectivity index (χ1) is 8.65. The molecule has 0 saturated carbocycles. The minimum absolute atomic E-state index is 0.399. The first-order valence-electron chi connectivity index (χ1n) is 5.45. The third kappa shape index (κ3) is 2.08. The van der Waals surface area contributed by atoms with Crippen molar-refractivity contribution < 1.29 is 9.84 Å². The number of hydrogen-bond acceptors (Lipinski definition) is 5. The number of para-hydroxylation sites is 1. The molecule has 0 aliphatic carbocycles. The number of ether oxygens (including phenoxy) is 1. The van der Waals surface area contributed by atoms with Crippen molar-refractivity contribution in [3.8, 4) is 5.75 Å². The Balaban J connectivity index is 2.47. The quantitative estimate of drug-likeness (QED) is 0.709. The van der Waals surface area contributed by atoms with Gasteiger partial charge in [-0.2, -0.15) is 0 Å². The summed E-state index contributed by atoms with van der Waals surface area (Å²) in [5, 5.41) is 10.3. The summed E-state index contributed by atoms with van der Waals surface area (Å²) in [4.78, 5) is 3.95. The van der Waals surface area contributed by atoms with Crippen LogP contribution in [0.25, 0.3) is 0 Å². The minimum atomic E-state index is -0.922. The molecule has 1 aromatic heterocycles. The Morgan fingerprint density at radius 3 is 2.67 bits per heavy atom. The molecule has 0 aliphatic heterocycles. The predicted molar refractivity (Wildman–Crippen MR) is 70.1 cm³/mol. The SMILES string of the molecule is COc1cccc(C(O)c2cnccc2N)c1N. The molecule has 0 aliphatic rings. The average Bonchev–Trinajstić information content (AvgIpc) is 2.39. The van der Waals surface area contributed by atoms with Crippen molar-refractivity contribution in [2.24, 2.45) is 0 Å². The van der Waals surface area contributed by atoms with Crippen LogP contribution in [0.4, 0.5) is 11.4 Å². The smallest absolute Gasteiger partial charge is 0.142 e. The number of nitrogens with two attached hydrogens (primary N) is 2. The lowest BCUT2D eigenvalue weighted by atomic mass is 10.00. The minimum Gasteiger partial charge on any atom is -0.495 e. The summed E-state index contributed by atoms with van der Waals surface area (Å²) in [6, 6.07) is 6.86. The van der Waals surface area contributed by atoms with Crippen LogP contribution in [0, 0.1) is 0 Å². The van der Waals surface area contributed by atoms with Gasteiger partial charge < -0.3 is 21.3 Å². The molecular weight excluding hydrogens is 230 g/mol. The van der Waals surface area contributed by atoms with Crippen LogP contribution in [-0.4, -0.2) is 17.2 Å². The van der Waals surface area contributed by atoms with Crippen molar-refractivity contribution in [3.63, 3.8) is 0 Å². The molecule has 0 fully saturated rings. The monoisotopic (exact) mass is 245 g/mol. The second kappa shape index (κ2) is 4.93. The lowest BCUT2D eigenvalue weighted by Crippen LogP contribution is -2.07. The second-order valence-corrected chi connectivity index (χ2v) is 3.87. The van der Waals surface area contributed by atoms with Gasteiger partial charge in [-0.3, -0.25) is 4.98 Å².